The molecule has 0 spiro atoms. The van der Waals surface area contributed by atoms with Gasteiger partial charge in [0.15, 0.2) is 0 Å². The van der Waals surface area contributed by atoms with E-state index < -0.39 is 0 Å². The summed E-state index contributed by atoms with van der Waals surface area (Å²) < 4.78 is 0. The van der Waals surface area contributed by atoms with Crippen molar-refractivity contribution < 1.29 is 5.11 Å². The normalized spacial score (nSPS) is 31.0. The van der Waals surface area contributed by atoms with Gasteiger partial charge in [-0.05, 0) is 19.3 Å². The van der Waals surface area contributed by atoms with Crippen molar-refractivity contribution in [2.24, 2.45) is 5.92 Å². The van der Waals surface area contributed by atoms with Crippen LogP contribution in [0.5, 0.6) is 0 Å². The topological polar surface area (TPSA) is 23.5 Å². The van der Waals surface area contributed by atoms with E-state index in [1.807, 2.05) is 0 Å². The fraction of sp³-hybridized carbons (Fsp3) is 0.778. The molecule has 0 radical (unpaired) electrons. The van der Waals surface area contributed by atoms with Gasteiger partial charge in [-0.25, -0.2) is 0 Å². The lowest BCUT2D eigenvalue weighted by molar-refractivity contribution is 0.311. The van der Waals surface area contributed by atoms with Crippen LogP contribution in [0.25, 0.3) is 0 Å². The van der Waals surface area contributed by atoms with Gasteiger partial charge in [-0.2, -0.15) is 0 Å². The second-order valence-corrected chi connectivity index (χ2v) is 3.63. The fourth-order valence-electron chi connectivity index (χ4n) is 2.30. The molecule has 2 rings (SSSR count). The third kappa shape index (κ3) is 1.01. The zero-order valence-corrected chi connectivity index (χ0v) is 7.01. The summed E-state index contributed by atoms with van der Waals surface area (Å²) in [5.41, 5.74) is 1.23. The minimum absolute atomic E-state index is 0.654. The Morgan fingerprint density at radius 2 is 2.27 bits per heavy atom. The lowest BCUT2D eigenvalue weighted by Gasteiger charge is -2.23. The molecule has 1 atom stereocenters. The molecule has 1 aliphatic carbocycles. The van der Waals surface area contributed by atoms with Crippen LogP contribution in [0.15, 0.2) is 11.5 Å². The molecule has 1 N–H and O–H groups in total. The molecule has 0 amide bonds. The smallest absolute Gasteiger partial charge is 0.112 e. The monoisotopic (exact) mass is 153 g/mol. The molecule has 62 valence electrons. The van der Waals surface area contributed by atoms with E-state index in [2.05, 4.69) is 11.9 Å². The van der Waals surface area contributed by atoms with Crippen LogP contribution in [0.4, 0.5) is 0 Å². The molecule has 1 heterocycles. The SMILES string of the molecule is CN1CCC2CCCC(O)=C21. The second-order valence-electron chi connectivity index (χ2n) is 3.63. The summed E-state index contributed by atoms with van der Waals surface area (Å²) in [6.07, 6.45) is 4.60. The zero-order chi connectivity index (χ0) is 7.84. The van der Waals surface area contributed by atoms with Gasteiger partial charge in [0.05, 0.1) is 5.70 Å². The average molecular weight is 153 g/mol. The quantitative estimate of drug-likeness (QED) is 0.574. The van der Waals surface area contributed by atoms with Crippen LogP contribution in [0.2, 0.25) is 0 Å². The van der Waals surface area contributed by atoms with Gasteiger partial charge in [0.2, 0.25) is 0 Å². The van der Waals surface area contributed by atoms with Crippen molar-refractivity contribution in [3.8, 4) is 0 Å². The summed E-state index contributed by atoms with van der Waals surface area (Å²) >= 11 is 0. The summed E-state index contributed by atoms with van der Waals surface area (Å²) in [5.74, 6) is 1.33. The van der Waals surface area contributed by atoms with Gasteiger partial charge in [0, 0.05) is 25.9 Å². The average Bonchev–Trinajstić information content (AvgIpc) is 2.34. The first kappa shape index (κ1) is 7.01. The van der Waals surface area contributed by atoms with Gasteiger partial charge in [-0.3, -0.25) is 0 Å². The molecule has 11 heavy (non-hydrogen) atoms. The number of allylic oxidation sites excluding steroid dienone is 2. The van der Waals surface area contributed by atoms with Crippen molar-refractivity contribution in [2.75, 3.05) is 13.6 Å². The van der Waals surface area contributed by atoms with Gasteiger partial charge in [-0.1, -0.05) is 0 Å². The van der Waals surface area contributed by atoms with E-state index in [-0.39, 0.29) is 0 Å². The Morgan fingerprint density at radius 3 is 3.00 bits per heavy atom. The minimum Gasteiger partial charge on any atom is -0.510 e. The fourth-order valence-corrected chi connectivity index (χ4v) is 2.30. The van der Waals surface area contributed by atoms with E-state index in [9.17, 15) is 5.11 Å². The van der Waals surface area contributed by atoms with E-state index in [4.69, 9.17) is 0 Å². The molecule has 1 unspecified atom stereocenters. The predicted molar refractivity (Wildman–Crippen MR) is 44.2 cm³/mol. The highest BCUT2D eigenvalue weighted by atomic mass is 16.3. The lowest BCUT2D eigenvalue weighted by Crippen LogP contribution is -2.17. The van der Waals surface area contributed by atoms with Crippen molar-refractivity contribution in [1.29, 1.82) is 0 Å². The van der Waals surface area contributed by atoms with Crippen molar-refractivity contribution >= 4 is 0 Å². The van der Waals surface area contributed by atoms with E-state index in [0.29, 0.717) is 11.7 Å². The Kier molecular flexibility index (Phi) is 1.55. The van der Waals surface area contributed by atoms with Gasteiger partial charge in [-0.15, -0.1) is 0 Å². The van der Waals surface area contributed by atoms with E-state index in [1.54, 1.807) is 0 Å². The lowest BCUT2D eigenvalue weighted by atomic mass is 9.91. The van der Waals surface area contributed by atoms with Crippen molar-refractivity contribution in [1.82, 2.24) is 4.90 Å². The Bertz CT molecular complexity index is 198. The number of aliphatic hydroxyl groups is 1. The Labute approximate surface area is 67.5 Å². The molecular formula is C9H15NO. The van der Waals surface area contributed by atoms with Crippen LogP contribution in [0.3, 0.4) is 0 Å². The minimum atomic E-state index is 0.654. The summed E-state index contributed by atoms with van der Waals surface area (Å²) in [4.78, 5) is 2.21. The Balaban J connectivity index is 2.30. The van der Waals surface area contributed by atoms with E-state index in [0.717, 1.165) is 13.0 Å². The van der Waals surface area contributed by atoms with Crippen LogP contribution in [-0.2, 0) is 0 Å². The third-order valence-electron chi connectivity index (χ3n) is 2.87. The molecule has 0 aromatic carbocycles. The Hall–Kier alpha value is -0.660. The second kappa shape index (κ2) is 2.43. The molecule has 0 bridgehead atoms. The molecular weight excluding hydrogens is 138 g/mol. The summed E-state index contributed by atoms with van der Waals surface area (Å²) in [7, 11) is 2.08. The summed E-state index contributed by atoms with van der Waals surface area (Å²) in [5, 5.41) is 9.59. The van der Waals surface area contributed by atoms with Crippen molar-refractivity contribution in [3.63, 3.8) is 0 Å². The largest absolute Gasteiger partial charge is 0.510 e. The molecule has 0 aromatic heterocycles. The molecule has 0 aromatic rings. The van der Waals surface area contributed by atoms with Gasteiger partial charge in [0.25, 0.3) is 0 Å². The van der Waals surface area contributed by atoms with Gasteiger partial charge >= 0.3 is 0 Å². The van der Waals surface area contributed by atoms with Crippen LogP contribution < -0.4 is 0 Å². The van der Waals surface area contributed by atoms with Crippen LogP contribution in [0, 0.1) is 5.92 Å². The highest BCUT2D eigenvalue weighted by Crippen LogP contribution is 2.37. The maximum atomic E-state index is 9.59. The highest BCUT2D eigenvalue weighted by molar-refractivity contribution is 5.16. The Morgan fingerprint density at radius 1 is 1.45 bits per heavy atom. The van der Waals surface area contributed by atoms with Crippen molar-refractivity contribution in [2.45, 2.75) is 25.7 Å². The number of fused-ring (bicyclic) bond motifs is 1. The number of aliphatic hydroxyl groups excluding tert-OH is 1. The third-order valence-corrected chi connectivity index (χ3v) is 2.87. The number of hydrogen-bond donors (Lipinski definition) is 1. The number of likely N-dealkylation sites (tertiary alicyclic amines) is 1. The van der Waals surface area contributed by atoms with Crippen LogP contribution >= 0.6 is 0 Å². The first-order valence-corrected chi connectivity index (χ1v) is 4.42. The molecule has 2 aliphatic rings. The maximum absolute atomic E-state index is 9.59. The first-order valence-electron chi connectivity index (χ1n) is 4.42. The number of rotatable bonds is 0. The van der Waals surface area contributed by atoms with Crippen molar-refractivity contribution in [3.05, 3.63) is 11.5 Å². The maximum Gasteiger partial charge on any atom is 0.112 e. The molecule has 0 saturated carbocycles. The van der Waals surface area contributed by atoms with Gasteiger partial charge < -0.3 is 10.0 Å². The van der Waals surface area contributed by atoms with E-state index >= 15 is 0 Å². The zero-order valence-electron chi connectivity index (χ0n) is 7.01. The first-order chi connectivity index (χ1) is 5.29. The van der Waals surface area contributed by atoms with Crippen LogP contribution in [-0.4, -0.2) is 23.6 Å². The van der Waals surface area contributed by atoms with Gasteiger partial charge in [0.1, 0.15) is 5.76 Å². The van der Waals surface area contributed by atoms with E-state index in [1.165, 1.54) is 25.0 Å². The molecule has 1 saturated heterocycles. The summed E-state index contributed by atoms with van der Waals surface area (Å²) in [6.45, 7) is 1.13. The highest BCUT2D eigenvalue weighted by Gasteiger charge is 2.30. The van der Waals surface area contributed by atoms with Crippen LogP contribution in [0.1, 0.15) is 25.7 Å². The predicted octanol–water partition coefficient (Wildman–Crippen LogP) is 1.89. The standard InChI is InChI=1S/C9H15NO/c1-10-6-5-7-3-2-4-8(11)9(7)10/h7,11H,2-6H2,1H3. The molecule has 1 aliphatic heterocycles. The number of nitrogens with zero attached hydrogens (tertiary/aromatic N) is 1. The number of hydrogen-bond acceptors (Lipinski definition) is 2. The molecule has 1 fully saturated rings. The molecule has 2 heteroatoms. The summed E-state index contributed by atoms with van der Waals surface area (Å²) in [6, 6.07) is 0. The molecule has 2 nitrogen and oxygen atoms in total.